The summed E-state index contributed by atoms with van der Waals surface area (Å²) in [6, 6.07) is 7.26. The van der Waals surface area contributed by atoms with Gasteiger partial charge in [-0.3, -0.25) is 14.4 Å². The van der Waals surface area contributed by atoms with E-state index in [9.17, 15) is 22.8 Å². The molecule has 3 rings (SSSR count). The minimum absolute atomic E-state index is 0.0426. The van der Waals surface area contributed by atoms with Crippen LogP contribution in [0.4, 0.5) is 5.69 Å². The van der Waals surface area contributed by atoms with Crippen molar-refractivity contribution < 1.29 is 27.5 Å². The maximum absolute atomic E-state index is 12.5. The highest BCUT2D eigenvalue weighted by Crippen LogP contribution is 2.26. The van der Waals surface area contributed by atoms with Crippen molar-refractivity contribution >= 4 is 33.3 Å². The number of ether oxygens (including phenoxy) is 1. The number of hydrogen-bond donors (Lipinski definition) is 0. The van der Waals surface area contributed by atoms with E-state index in [1.807, 2.05) is 24.3 Å². The molecule has 1 aromatic rings. The van der Waals surface area contributed by atoms with Gasteiger partial charge in [0.2, 0.25) is 5.91 Å². The lowest BCUT2D eigenvalue weighted by atomic mass is 10.1. The molecule has 0 N–H and O–H groups in total. The number of hydrogen-bond acceptors (Lipinski definition) is 6. The second kappa shape index (κ2) is 9.16. The second-order valence-electron chi connectivity index (χ2n) is 7.77. The summed E-state index contributed by atoms with van der Waals surface area (Å²) in [6.07, 6.45) is 1.35. The molecule has 30 heavy (non-hydrogen) atoms. The lowest BCUT2D eigenvalue weighted by molar-refractivity contribution is -0.155. The predicted molar refractivity (Wildman–Crippen MR) is 112 cm³/mol. The second-order valence-corrected chi connectivity index (χ2v) is 10.00. The number of carbonyl (C=O) groups is 3. The fourth-order valence-electron chi connectivity index (χ4n) is 4.02. The van der Waals surface area contributed by atoms with Gasteiger partial charge >= 0.3 is 5.97 Å². The van der Waals surface area contributed by atoms with Crippen LogP contribution in [0.5, 0.6) is 0 Å². The number of nitrogens with zero attached hydrogens (tertiary/aromatic N) is 2. The number of likely N-dealkylation sites (N-methyl/N-ethyl adjacent to an activating group) is 1. The lowest BCUT2D eigenvalue weighted by Gasteiger charge is -2.26. The number of rotatable bonds is 7. The number of amides is 2. The van der Waals surface area contributed by atoms with Gasteiger partial charge in [0.25, 0.3) is 5.91 Å². The van der Waals surface area contributed by atoms with Gasteiger partial charge < -0.3 is 14.5 Å². The fraction of sp³-hybridized carbons (Fsp3) is 0.571. The van der Waals surface area contributed by atoms with Crippen molar-refractivity contribution in [3.8, 4) is 0 Å². The van der Waals surface area contributed by atoms with Crippen LogP contribution in [-0.2, 0) is 35.4 Å². The van der Waals surface area contributed by atoms with Crippen LogP contribution in [0.25, 0.3) is 0 Å². The molecule has 0 unspecified atom stereocenters. The molecule has 2 aliphatic rings. The quantitative estimate of drug-likeness (QED) is 0.595. The monoisotopic (exact) mass is 436 g/mol. The number of sulfone groups is 1. The largest absolute Gasteiger partial charge is 0.455 e. The summed E-state index contributed by atoms with van der Waals surface area (Å²) >= 11 is 0. The van der Waals surface area contributed by atoms with E-state index >= 15 is 0 Å². The topological polar surface area (TPSA) is 101 Å². The zero-order valence-corrected chi connectivity index (χ0v) is 18.2. The number of benzene rings is 1. The lowest BCUT2D eigenvalue weighted by Crippen LogP contribution is -2.43. The third kappa shape index (κ3) is 5.00. The summed E-state index contributed by atoms with van der Waals surface area (Å²) in [4.78, 5) is 40.3. The maximum atomic E-state index is 12.5. The van der Waals surface area contributed by atoms with Gasteiger partial charge in [-0.25, -0.2) is 8.42 Å². The molecular formula is C21H28N2O6S. The molecule has 0 bridgehead atoms. The summed E-state index contributed by atoms with van der Waals surface area (Å²) < 4.78 is 28.5. The molecule has 9 heteroatoms. The van der Waals surface area contributed by atoms with E-state index in [2.05, 4.69) is 6.92 Å². The molecule has 8 nitrogen and oxygen atoms in total. The Morgan fingerprint density at radius 3 is 2.47 bits per heavy atom. The van der Waals surface area contributed by atoms with Gasteiger partial charge in [-0.1, -0.05) is 19.1 Å². The molecule has 0 radical (unpaired) electrons. The number of anilines is 1. The van der Waals surface area contributed by atoms with E-state index < -0.39 is 34.2 Å². The molecule has 2 saturated heterocycles. The first-order valence-electron chi connectivity index (χ1n) is 10.3. The summed E-state index contributed by atoms with van der Waals surface area (Å²) in [5, 5.41) is 0. The van der Waals surface area contributed by atoms with Crippen LogP contribution in [0, 0.1) is 5.92 Å². The van der Waals surface area contributed by atoms with Gasteiger partial charge in [0.1, 0.15) is 0 Å². The number of esters is 1. The Hall–Kier alpha value is -2.42. The van der Waals surface area contributed by atoms with Gasteiger partial charge in [0.15, 0.2) is 16.4 Å². The Morgan fingerprint density at radius 1 is 1.20 bits per heavy atom. The van der Waals surface area contributed by atoms with E-state index in [4.69, 9.17) is 4.74 Å². The molecule has 2 heterocycles. The van der Waals surface area contributed by atoms with Crippen molar-refractivity contribution in [2.75, 3.05) is 36.1 Å². The van der Waals surface area contributed by atoms with E-state index in [0.717, 1.165) is 17.7 Å². The van der Waals surface area contributed by atoms with Crippen LogP contribution < -0.4 is 4.90 Å². The molecule has 2 fully saturated rings. The first kappa shape index (κ1) is 22.3. The zero-order chi connectivity index (χ0) is 21.9. The van der Waals surface area contributed by atoms with Crippen LogP contribution in [0.1, 0.15) is 32.3 Å². The normalized spacial score (nSPS) is 22.9. The number of carbonyl (C=O) groups excluding carboxylic acids is 3. The van der Waals surface area contributed by atoms with Crippen molar-refractivity contribution in [2.45, 2.75) is 39.2 Å². The molecule has 0 spiro atoms. The van der Waals surface area contributed by atoms with Crippen molar-refractivity contribution in [3.63, 3.8) is 0 Å². The standard InChI is InChI=1S/C21H28N2O6S/c1-3-15-5-7-17(8-6-15)23-12-16(11-19(23)24)21(26)29-13-20(25)22(4-2)18-9-10-30(27,28)14-18/h5-8,16,18H,3-4,9-14H2,1-2H3/t16-,18-/m0/s1. The first-order valence-corrected chi connectivity index (χ1v) is 12.1. The molecule has 2 aliphatic heterocycles. The van der Waals surface area contributed by atoms with Crippen LogP contribution in [0.2, 0.25) is 0 Å². The zero-order valence-electron chi connectivity index (χ0n) is 17.4. The summed E-state index contributed by atoms with van der Waals surface area (Å²) in [7, 11) is -3.12. The molecule has 1 aromatic carbocycles. The third-order valence-electron chi connectivity index (χ3n) is 5.76. The Labute approximate surface area is 177 Å². The number of aryl methyl sites for hydroxylation is 1. The third-order valence-corrected chi connectivity index (χ3v) is 7.51. The summed E-state index contributed by atoms with van der Waals surface area (Å²) in [6.45, 7) is 3.94. The van der Waals surface area contributed by atoms with Crippen molar-refractivity contribution in [1.82, 2.24) is 4.90 Å². The highest BCUT2D eigenvalue weighted by Gasteiger charge is 2.37. The van der Waals surface area contributed by atoms with E-state index in [1.54, 1.807) is 11.8 Å². The minimum Gasteiger partial charge on any atom is -0.455 e. The highest BCUT2D eigenvalue weighted by molar-refractivity contribution is 7.91. The molecule has 0 saturated carbocycles. The average molecular weight is 437 g/mol. The molecular weight excluding hydrogens is 408 g/mol. The van der Waals surface area contributed by atoms with E-state index in [1.165, 1.54) is 4.90 Å². The Kier molecular flexibility index (Phi) is 6.80. The van der Waals surface area contributed by atoms with Gasteiger partial charge in [-0.15, -0.1) is 0 Å². The Morgan fingerprint density at radius 2 is 1.90 bits per heavy atom. The van der Waals surface area contributed by atoms with Gasteiger partial charge in [0.05, 0.1) is 17.4 Å². The van der Waals surface area contributed by atoms with Crippen LogP contribution in [0.3, 0.4) is 0 Å². The highest BCUT2D eigenvalue weighted by atomic mass is 32.2. The smallest absolute Gasteiger partial charge is 0.311 e. The van der Waals surface area contributed by atoms with Crippen molar-refractivity contribution in [1.29, 1.82) is 0 Å². The molecule has 2 amide bonds. The SMILES string of the molecule is CCc1ccc(N2C[C@@H](C(=O)OCC(=O)N(CC)[C@H]3CCS(=O)(=O)C3)CC2=O)cc1. The first-order chi connectivity index (χ1) is 14.2. The molecule has 2 atom stereocenters. The average Bonchev–Trinajstić information content (AvgIpc) is 3.29. The minimum atomic E-state index is -3.12. The van der Waals surface area contributed by atoms with Gasteiger partial charge in [0, 0.05) is 31.2 Å². The van der Waals surface area contributed by atoms with Gasteiger partial charge in [-0.05, 0) is 37.5 Å². The van der Waals surface area contributed by atoms with E-state index in [0.29, 0.717) is 13.0 Å². The van der Waals surface area contributed by atoms with Crippen LogP contribution in [-0.4, -0.2) is 68.3 Å². The Bertz CT molecular complexity index is 912. The maximum Gasteiger partial charge on any atom is 0.311 e. The van der Waals surface area contributed by atoms with Crippen LogP contribution in [0.15, 0.2) is 24.3 Å². The van der Waals surface area contributed by atoms with Gasteiger partial charge in [-0.2, -0.15) is 0 Å². The molecule has 0 aliphatic carbocycles. The van der Waals surface area contributed by atoms with Crippen LogP contribution >= 0.6 is 0 Å². The molecule has 0 aromatic heterocycles. The van der Waals surface area contributed by atoms with Crippen molar-refractivity contribution in [3.05, 3.63) is 29.8 Å². The fourth-order valence-corrected chi connectivity index (χ4v) is 5.75. The summed E-state index contributed by atoms with van der Waals surface area (Å²) in [5.74, 6) is -1.76. The van der Waals surface area contributed by atoms with E-state index in [-0.39, 0.29) is 36.4 Å². The van der Waals surface area contributed by atoms with Crippen molar-refractivity contribution in [2.24, 2.45) is 5.92 Å². The molecule has 164 valence electrons. The Balaban J connectivity index is 1.54. The summed E-state index contributed by atoms with van der Waals surface area (Å²) in [5.41, 5.74) is 1.90. The predicted octanol–water partition coefficient (Wildman–Crippen LogP) is 1.18.